The summed E-state index contributed by atoms with van der Waals surface area (Å²) in [5, 5.41) is 8.90. The first-order chi connectivity index (χ1) is 8.42. The highest BCUT2D eigenvalue weighted by molar-refractivity contribution is 5.52. The van der Waals surface area contributed by atoms with E-state index in [-0.39, 0.29) is 5.82 Å². The van der Waals surface area contributed by atoms with Crippen molar-refractivity contribution in [2.75, 3.05) is 18.0 Å². The second-order valence-electron chi connectivity index (χ2n) is 5.50. The first-order valence-corrected chi connectivity index (χ1v) is 6.38. The molecule has 1 rings (SSSR count). The minimum absolute atomic E-state index is 0.346. The molecule has 0 radical (unpaired) electrons. The normalized spacial score (nSPS) is 10.8. The number of hydrogen-bond donors (Lipinski definition) is 0. The summed E-state index contributed by atoms with van der Waals surface area (Å²) in [5.41, 5.74) is 1.18. The molecule has 1 aromatic carbocycles. The van der Waals surface area contributed by atoms with Crippen LogP contribution in [0.25, 0.3) is 0 Å². The van der Waals surface area contributed by atoms with Crippen LogP contribution in [-0.2, 0) is 0 Å². The van der Waals surface area contributed by atoms with E-state index in [0.29, 0.717) is 17.4 Å². The van der Waals surface area contributed by atoms with Crippen LogP contribution in [-0.4, -0.2) is 13.1 Å². The number of hydrogen-bond acceptors (Lipinski definition) is 2. The Morgan fingerprint density at radius 2 is 1.67 bits per heavy atom. The summed E-state index contributed by atoms with van der Waals surface area (Å²) in [6.07, 6.45) is 0. The van der Waals surface area contributed by atoms with E-state index in [1.165, 1.54) is 12.1 Å². The molecule has 0 fully saturated rings. The molecule has 1 aromatic rings. The molecule has 0 amide bonds. The summed E-state index contributed by atoms with van der Waals surface area (Å²) < 4.78 is 13.5. The van der Waals surface area contributed by atoms with Gasteiger partial charge in [-0.2, -0.15) is 5.26 Å². The lowest BCUT2D eigenvalue weighted by atomic mass is 10.1. The Balaban J connectivity index is 3.04. The molecule has 0 atom stereocenters. The van der Waals surface area contributed by atoms with Crippen LogP contribution in [0.4, 0.5) is 10.1 Å². The van der Waals surface area contributed by atoms with Gasteiger partial charge in [-0.3, -0.25) is 0 Å². The van der Waals surface area contributed by atoms with Crippen molar-refractivity contribution >= 4 is 5.69 Å². The highest BCUT2D eigenvalue weighted by Gasteiger charge is 2.12. The van der Waals surface area contributed by atoms with Gasteiger partial charge in [-0.05, 0) is 30.0 Å². The van der Waals surface area contributed by atoms with Crippen molar-refractivity contribution in [2.24, 2.45) is 11.8 Å². The second-order valence-corrected chi connectivity index (χ2v) is 5.50. The standard InChI is InChI=1S/C15H21FN2/c1-11(2)9-18(10-12(3)4)15-6-13(8-17)5-14(16)7-15/h5-7,11-12H,9-10H2,1-4H3. The maximum Gasteiger partial charge on any atom is 0.126 e. The van der Waals surface area contributed by atoms with Gasteiger partial charge >= 0.3 is 0 Å². The van der Waals surface area contributed by atoms with Crippen LogP contribution in [0.2, 0.25) is 0 Å². The van der Waals surface area contributed by atoms with Gasteiger partial charge in [0.25, 0.3) is 0 Å². The van der Waals surface area contributed by atoms with E-state index in [0.717, 1.165) is 18.8 Å². The van der Waals surface area contributed by atoms with Gasteiger partial charge in [-0.25, -0.2) is 4.39 Å². The van der Waals surface area contributed by atoms with Gasteiger partial charge in [-0.1, -0.05) is 27.7 Å². The zero-order valence-electron chi connectivity index (χ0n) is 11.6. The van der Waals surface area contributed by atoms with Crippen LogP contribution in [0.1, 0.15) is 33.3 Å². The van der Waals surface area contributed by atoms with E-state index in [2.05, 4.69) is 32.6 Å². The fourth-order valence-corrected chi connectivity index (χ4v) is 1.99. The largest absolute Gasteiger partial charge is 0.371 e. The number of halogens is 1. The Hall–Kier alpha value is -1.56. The lowest BCUT2D eigenvalue weighted by molar-refractivity contribution is 0.550. The molecule has 0 aliphatic rings. The zero-order valence-corrected chi connectivity index (χ0v) is 11.6. The van der Waals surface area contributed by atoms with Crippen LogP contribution in [0.5, 0.6) is 0 Å². The zero-order chi connectivity index (χ0) is 13.7. The minimum Gasteiger partial charge on any atom is -0.371 e. The number of nitrogens with zero attached hydrogens (tertiary/aromatic N) is 2. The fourth-order valence-electron chi connectivity index (χ4n) is 1.99. The fraction of sp³-hybridized carbons (Fsp3) is 0.533. The lowest BCUT2D eigenvalue weighted by Gasteiger charge is -2.28. The van der Waals surface area contributed by atoms with Crippen LogP contribution >= 0.6 is 0 Å². The first kappa shape index (κ1) is 14.5. The molecule has 2 nitrogen and oxygen atoms in total. The van der Waals surface area contributed by atoms with E-state index in [1.54, 1.807) is 6.07 Å². The molecule has 0 bridgehead atoms. The number of benzene rings is 1. The predicted molar refractivity (Wildman–Crippen MR) is 73.0 cm³/mol. The van der Waals surface area contributed by atoms with Crippen molar-refractivity contribution < 1.29 is 4.39 Å². The van der Waals surface area contributed by atoms with Gasteiger partial charge in [0.05, 0.1) is 11.6 Å². The van der Waals surface area contributed by atoms with Crippen molar-refractivity contribution in [2.45, 2.75) is 27.7 Å². The lowest BCUT2D eigenvalue weighted by Crippen LogP contribution is -2.31. The van der Waals surface area contributed by atoms with Gasteiger partial charge in [0, 0.05) is 18.8 Å². The topological polar surface area (TPSA) is 27.0 Å². The molecule has 0 saturated carbocycles. The highest BCUT2D eigenvalue weighted by Crippen LogP contribution is 2.20. The van der Waals surface area contributed by atoms with E-state index < -0.39 is 0 Å². The smallest absolute Gasteiger partial charge is 0.126 e. The molecular formula is C15H21FN2. The highest BCUT2D eigenvalue weighted by atomic mass is 19.1. The molecule has 18 heavy (non-hydrogen) atoms. The Morgan fingerprint density at radius 1 is 1.11 bits per heavy atom. The maximum atomic E-state index is 13.5. The minimum atomic E-state index is -0.346. The van der Waals surface area contributed by atoms with Crippen LogP contribution < -0.4 is 4.90 Å². The van der Waals surface area contributed by atoms with Crippen molar-refractivity contribution in [1.29, 1.82) is 5.26 Å². The van der Waals surface area contributed by atoms with E-state index in [4.69, 9.17) is 5.26 Å². The van der Waals surface area contributed by atoms with Crippen molar-refractivity contribution in [3.63, 3.8) is 0 Å². The number of nitriles is 1. The van der Waals surface area contributed by atoms with Gasteiger partial charge in [0.15, 0.2) is 0 Å². The molecule has 0 aromatic heterocycles. The molecule has 98 valence electrons. The van der Waals surface area contributed by atoms with E-state index in [9.17, 15) is 4.39 Å². The molecule has 0 spiro atoms. The Labute approximate surface area is 109 Å². The van der Waals surface area contributed by atoms with Gasteiger partial charge in [-0.15, -0.1) is 0 Å². The maximum absolute atomic E-state index is 13.5. The molecular weight excluding hydrogens is 227 g/mol. The average Bonchev–Trinajstić information content (AvgIpc) is 2.26. The predicted octanol–water partition coefficient (Wildman–Crippen LogP) is 3.82. The molecule has 0 N–H and O–H groups in total. The van der Waals surface area contributed by atoms with Gasteiger partial charge in [0.2, 0.25) is 0 Å². The van der Waals surface area contributed by atoms with Gasteiger partial charge < -0.3 is 4.90 Å². The van der Waals surface area contributed by atoms with Crippen LogP contribution in [0.3, 0.4) is 0 Å². The van der Waals surface area contributed by atoms with Crippen LogP contribution in [0.15, 0.2) is 18.2 Å². The van der Waals surface area contributed by atoms with E-state index >= 15 is 0 Å². The van der Waals surface area contributed by atoms with Crippen molar-refractivity contribution in [3.8, 4) is 6.07 Å². The first-order valence-electron chi connectivity index (χ1n) is 6.38. The summed E-state index contributed by atoms with van der Waals surface area (Å²) in [7, 11) is 0. The number of anilines is 1. The van der Waals surface area contributed by atoms with E-state index in [1.807, 2.05) is 6.07 Å². The monoisotopic (exact) mass is 248 g/mol. The second kappa shape index (κ2) is 6.39. The quantitative estimate of drug-likeness (QED) is 0.792. The van der Waals surface area contributed by atoms with Crippen molar-refractivity contribution in [1.82, 2.24) is 0 Å². The molecule has 3 heteroatoms. The molecule has 0 unspecified atom stereocenters. The Bertz CT molecular complexity index is 423. The SMILES string of the molecule is CC(C)CN(CC(C)C)c1cc(F)cc(C#N)c1. The summed E-state index contributed by atoms with van der Waals surface area (Å²) in [6.45, 7) is 10.3. The summed E-state index contributed by atoms with van der Waals surface area (Å²) >= 11 is 0. The molecule has 0 saturated heterocycles. The number of rotatable bonds is 5. The third kappa shape index (κ3) is 4.37. The summed E-state index contributed by atoms with van der Waals surface area (Å²) in [4.78, 5) is 2.15. The third-order valence-corrected chi connectivity index (χ3v) is 2.55. The van der Waals surface area contributed by atoms with Crippen LogP contribution in [0, 0.1) is 29.0 Å². The summed E-state index contributed by atoms with van der Waals surface area (Å²) in [5.74, 6) is 0.650. The third-order valence-electron chi connectivity index (χ3n) is 2.55. The van der Waals surface area contributed by atoms with Gasteiger partial charge in [0.1, 0.15) is 5.82 Å². The summed E-state index contributed by atoms with van der Waals surface area (Å²) in [6, 6.07) is 6.54. The van der Waals surface area contributed by atoms with Crippen molar-refractivity contribution in [3.05, 3.63) is 29.6 Å². The average molecular weight is 248 g/mol. The molecule has 0 heterocycles. The Kier molecular flexibility index (Phi) is 5.15. The molecule has 0 aliphatic carbocycles. The molecule has 0 aliphatic heterocycles. The Morgan fingerprint density at radius 3 is 2.11 bits per heavy atom.